The maximum Gasteiger partial charge on any atom is 0.228 e. The van der Waals surface area contributed by atoms with E-state index in [1.165, 1.54) is 24.9 Å². The third kappa shape index (κ3) is 4.39. The fourth-order valence-corrected chi connectivity index (χ4v) is 5.83. The van der Waals surface area contributed by atoms with E-state index in [0.29, 0.717) is 25.2 Å². The lowest BCUT2D eigenvalue weighted by Crippen LogP contribution is -2.45. The van der Waals surface area contributed by atoms with Crippen LogP contribution in [0.5, 0.6) is 0 Å². The summed E-state index contributed by atoms with van der Waals surface area (Å²) in [5, 5.41) is 7.55. The van der Waals surface area contributed by atoms with Gasteiger partial charge in [0, 0.05) is 19.7 Å². The summed E-state index contributed by atoms with van der Waals surface area (Å²) in [7, 11) is -3.18. The monoisotopic (exact) mass is 347 g/mol. The first-order valence-electron chi connectivity index (χ1n) is 7.11. The predicted octanol–water partition coefficient (Wildman–Crippen LogP) is -0.434. The Kier molecular flexibility index (Phi) is 5.38. The minimum atomic E-state index is -3.18. The van der Waals surface area contributed by atoms with Crippen molar-refractivity contribution in [3.63, 3.8) is 0 Å². The molecule has 0 spiro atoms. The van der Waals surface area contributed by atoms with E-state index >= 15 is 0 Å². The number of rotatable bonds is 4. The summed E-state index contributed by atoms with van der Waals surface area (Å²) in [5.41, 5.74) is 0. The van der Waals surface area contributed by atoms with E-state index < -0.39 is 20.5 Å². The zero-order chi connectivity index (χ0) is 16.3. The Labute approximate surface area is 134 Å². The number of carbonyl (C=O) groups excluding carboxylic acids is 2. The summed E-state index contributed by atoms with van der Waals surface area (Å²) in [4.78, 5) is 23.4. The molecule has 3 unspecified atom stereocenters. The highest BCUT2D eigenvalue weighted by atomic mass is 32.2. The minimum Gasteiger partial charge on any atom is -0.372 e. The summed E-state index contributed by atoms with van der Waals surface area (Å²) >= 11 is 1.46. The van der Waals surface area contributed by atoms with Crippen LogP contribution in [0.1, 0.15) is 19.8 Å². The van der Waals surface area contributed by atoms with Gasteiger partial charge in [0.15, 0.2) is 9.84 Å². The first-order valence-corrected chi connectivity index (χ1v) is 10.1. The van der Waals surface area contributed by atoms with Gasteiger partial charge in [-0.15, -0.1) is 11.8 Å². The fourth-order valence-electron chi connectivity index (χ4n) is 2.58. The Morgan fingerprint density at radius 1 is 1.36 bits per heavy atom. The van der Waals surface area contributed by atoms with Gasteiger partial charge in [0.05, 0.1) is 16.5 Å². The molecule has 1 saturated heterocycles. The molecule has 0 aromatic rings. The minimum absolute atomic E-state index is 0.197. The van der Waals surface area contributed by atoms with Crippen LogP contribution in [0.3, 0.4) is 0 Å². The Hall–Kier alpha value is -1.22. The average Bonchev–Trinajstić information content (AvgIpc) is 2.86. The van der Waals surface area contributed by atoms with E-state index in [0.717, 1.165) is 5.75 Å². The lowest BCUT2D eigenvalue weighted by Gasteiger charge is -2.25. The molecule has 0 saturated carbocycles. The molecule has 7 nitrogen and oxygen atoms in total. The van der Waals surface area contributed by atoms with Crippen molar-refractivity contribution in [2.75, 3.05) is 18.6 Å². The van der Waals surface area contributed by atoms with Gasteiger partial charge in [-0.2, -0.15) is 0 Å². The number of thioether (sulfide) groups is 1. The van der Waals surface area contributed by atoms with Gasteiger partial charge in [-0.3, -0.25) is 9.59 Å². The zero-order valence-electron chi connectivity index (χ0n) is 12.6. The summed E-state index contributed by atoms with van der Waals surface area (Å²) in [5.74, 6) is 0.477. The highest BCUT2D eigenvalue weighted by molar-refractivity contribution is 8.02. The number of amides is 2. The summed E-state index contributed by atoms with van der Waals surface area (Å²) in [6.45, 7) is 1.98. The molecule has 0 radical (unpaired) electrons. The van der Waals surface area contributed by atoms with Gasteiger partial charge in [-0.1, -0.05) is 0 Å². The summed E-state index contributed by atoms with van der Waals surface area (Å²) < 4.78 is 23.5. The van der Waals surface area contributed by atoms with E-state index in [9.17, 15) is 18.0 Å². The van der Waals surface area contributed by atoms with Crippen molar-refractivity contribution in [3.05, 3.63) is 11.9 Å². The van der Waals surface area contributed by atoms with Crippen LogP contribution in [-0.4, -0.2) is 49.4 Å². The molecular weight excluding hydrogens is 326 g/mol. The SMILES string of the molecule is CC(=O)NC1=CC(C(=O)NC2SCCC2S(C)(=O)=O)CCN1. The highest BCUT2D eigenvalue weighted by Crippen LogP contribution is 2.30. The van der Waals surface area contributed by atoms with Gasteiger partial charge in [0.2, 0.25) is 11.8 Å². The molecule has 2 heterocycles. The highest BCUT2D eigenvalue weighted by Gasteiger charge is 2.37. The maximum atomic E-state index is 12.4. The Morgan fingerprint density at radius 3 is 2.73 bits per heavy atom. The molecule has 0 aliphatic carbocycles. The third-order valence-electron chi connectivity index (χ3n) is 3.66. The normalized spacial score (nSPS) is 28.5. The Morgan fingerprint density at radius 2 is 2.09 bits per heavy atom. The van der Waals surface area contributed by atoms with E-state index in [-0.39, 0.29) is 17.7 Å². The van der Waals surface area contributed by atoms with Gasteiger partial charge >= 0.3 is 0 Å². The van der Waals surface area contributed by atoms with Crippen LogP contribution in [0.25, 0.3) is 0 Å². The van der Waals surface area contributed by atoms with E-state index in [4.69, 9.17) is 0 Å². The van der Waals surface area contributed by atoms with Crippen LogP contribution in [0.4, 0.5) is 0 Å². The molecule has 2 amide bonds. The van der Waals surface area contributed by atoms with E-state index in [1.807, 2.05) is 0 Å². The Bertz CT molecular complexity index is 588. The number of carbonyl (C=O) groups is 2. The van der Waals surface area contributed by atoms with Crippen molar-refractivity contribution < 1.29 is 18.0 Å². The fraction of sp³-hybridized carbons (Fsp3) is 0.692. The summed E-state index contributed by atoms with van der Waals surface area (Å²) in [6, 6.07) is 0. The van der Waals surface area contributed by atoms with E-state index in [2.05, 4.69) is 16.0 Å². The van der Waals surface area contributed by atoms with Gasteiger partial charge in [0.1, 0.15) is 5.82 Å². The van der Waals surface area contributed by atoms with Crippen LogP contribution in [0.2, 0.25) is 0 Å². The molecule has 1 fully saturated rings. The van der Waals surface area contributed by atoms with Crippen molar-refractivity contribution in [2.24, 2.45) is 5.92 Å². The maximum absolute atomic E-state index is 12.4. The first kappa shape index (κ1) is 17.1. The summed E-state index contributed by atoms with van der Waals surface area (Å²) in [6.07, 6.45) is 4.06. The topological polar surface area (TPSA) is 104 Å². The van der Waals surface area contributed by atoms with Crippen molar-refractivity contribution in [3.8, 4) is 0 Å². The van der Waals surface area contributed by atoms with Crippen LogP contribution >= 0.6 is 11.8 Å². The molecule has 3 N–H and O–H groups in total. The van der Waals surface area contributed by atoms with Crippen molar-refractivity contribution in [1.82, 2.24) is 16.0 Å². The predicted molar refractivity (Wildman–Crippen MR) is 85.6 cm³/mol. The number of hydrogen-bond acceptors (Lipinski definition) is 6. The van der Waals surface area contributed by atoms with Crippen LogP contribution in [0.15, 0.2) is 11.9 Å². The quantitative estimate of drug-likeness (QED) is 0.637. The lowest BCUT2D eigenvalue weighted by atomic mass is 10.0. The third-order valence-corrected chi connectivity index (χ3v) is 6.71. The lowest BCUT2D eigenvalue weighted by molar-refractivity contribution is -0.124. The van der Waals surface area contributed by atoms with Gasteiger partial charge in [-0.05, 0) is 24.7 Å². The number of sulfone groups is 1. The van der Waals surface area contributed by atoms with E-state index in [1.54, 1.807) is 6.08 Å². The molecule has 9 heteroatoms. The number of hydrogen-bond donors (Lipinski definition) is 3. The molecule has 124 valence electrons. The van der Waals surface area contributed by atoms with Crippen molar-refractivity contribution in [2.45, 2.75) is 30.4 Å². The second-order valence-corrected chi connectivity index (χ2v) is 9.05. The molecule has 2 rings (SSSR count). The molecule has 22 heavy (non-hydrogen) atoms. The molecule has 2 aliphatic rings. The van der Waals surface area contributed by atoms with Crippen LogP contribution in [0, 0.1) is 5.92 Å². The van der Waals surface area contributed by atoms with Crippen molar-refractivity contribution in [1.29, 1.82) is 0 Å². The average molecular weight is 347 g/mol. The standard InChI is InChI=1S/C13H21N3O4S2/c1-8(17)15-11-7-9(3-5-14-11)12(18)16-13-10(4-6-21-13)22(2,19)20/h7,9-10,13-14H,3-6H2,1-2H3,(H,15,17)(H,16,18). The molecule has 0 aromatic heterocycles. The second kappa shape index (κ2) is 6.91. The largest absolute Gasteiger partial charge is 0.372 e. The molecule has 3 atom stereocenters. The van der Waals surface area contributed by atoms with Crippen molar-refractivity contribution >= 4 is 33.4 Å². The molecule has 0 aromatic carbocycles. The Balaban J connectivity index is 2.01. The molecular formula is C13H21N3O4S2. The smallest absolute Gasteiger partial charge is 0.228 e. The number of nitrogens with one attached hydrogen (secondary N) is 3. The van der Waals surface area contributed by atoms with Crippen LogP contribution < -0.4 is 16.0 Å². The van der Waals surface area contributed by atoms with Gasteiger partial charge in [0.25, 0.3) is 0 Å². The molecule has 0 bridgehead atoms. The van der Waals surface area contributed by atoms with Crippen LogP contribution in [-0.2, 0) is 19.4 Å². The van der Waals surface area contributed by atoms with Gasteiger partial charge in [-0.25, -0.2) is 8.42 Å². The molecule has 2 aliphatic heterocycles. The first-order chi connectivity index (χ1) is 10.3. The van der Waals surface area contributed by atoms with Gasteiger partial charge < -0.3 is 16.0 Å². The zero-order valence-corrected chi connectivity index (χ0v) is 14.2. The second-order valence-electron chi connectivity index (χ2n) is 5.54.